The first-order valence-corrected chi connectivity index (χ1v) is 12.1. The lowest BCUT2D eigenvalue weighted by atomic mass is 10.2. The third-order valence-corrected chi connectivity index (χ3v) is 7.98. The molecule has 0 bridgehead atoms. The number of sulfonamides is 1. The fourth-order valence-corrected chi connectivity index (χ4v) is 4.77. The SMILES string of the molecule is O=C(OCCCCCCNS(=O)(=O)C(F)(F)F)c1cc(I)cc(I)c1I. The summed E-state index contributed by atoms with van der Waals surface area (Å²) in [6, 6.07) is 3.70. The highest BCUT2D eigenvalue weighted by molar-refractivity contribution is 14.1. The van der Waals surface area contributed by atoms with Crippen LogP contribution >= 0.6 is 67.8 Å². The van der Waals surface area contributed by atoms with E-state index in [0.717, 1.165) is 10.7 Å². The zero-order valence-electron chi connectivity index (χ0n) is 13.2. The Bertz CT molecular complexity index is 742. The second kappa shape index (κ2) is 10.9. The summed E-state index contributed by atoms with van der Waals surface area (Å²) in [6.07, 6.45) is 1.96. The third kappa shape index (κ3) is 7.90. The van der Waals surface area contributed by atoms with E-state index in [1.807, 2.05) is 6.07 Å². The molecule has 1 rings (SSSR count). The average Bonchev–Trinajstić information content (AvgIpc) is 2.51. The van der Waals surface area contributed by atoms with Crippen molar-refractivity contribution in [3.8, 4) is 0 Å². The van der Waals surface area contributed by atoms with Gasteiger partial charge >= 0.3 is 21.5 Å². The van der Waals surface area contributed by atoms with E-state index in [1.54, 1.807) is 6.07 Å². The highest BCUT2D eigenvalue weighted by Gasteiger charge is 2.45. The van der Waals surface area contributed by atoms with Crippen LogP contribution in [0.4, 0.5) is 13.2 Å². The molecule has 1 aromatic rings. The van der Waals surface area contributed by atoms with Crippen molar-refractivity contribution < 1.29 is 31.1 Å². The molecule has 0 saturated heterocycles. The van der Waals surface area contributed by atoms with Crippen molar-refractivity contribution in [1.29, 1.82) is 0 Å². The largest absolute Gasteiger partial charge is 0.511 e. The van der Waals surface area contributed by atoms with E-state index < -0.39 is 21.5 Å². The first-order valence-electron chi connectivity index (χ1n) is 7.33. The summed E-state index contributed by atoms with van der Waals surface area (Å²) in [5.74, 6) is -0.413. The van der Waals surface area contributed by atoms with E-state index in [9.17, 15) is 26.4 Å². The molecule has 5 nitrogen and oxygen atoms in total. The van der Waals surface area contributed by atoms with Gasteiger partial charge in [-0.2, -0.15) is 13.2 Å². The van der Waals surface area contributed by atoms with Gasteiger partial charge < -0.3 is 4.74 Å². The summed E-state index contributed by atoms with van der Waals surface area (Å²) in [7, 11) is -5.27. The fourth-order valence-electron chi connectivity index (χ4n) is 1.82. The molecule has 148 valence electrons. The number of benzene rings is 1. The Labute approximate surface area is 190 Å². The number of carbonyl (C=O) groups excluding carboxylic acids is 1. The van der Waals surface area contributed by atoms with Gasteiger partial charge in [-0.3, -0.25) is 0 Å². The maximum absolute atomic E-state index is 12.1. The molecule has 0 aromatic heterocycles. The summed E-state index contributed by atoms with van der Waals surface area (Å²) < 4.78 is 67.3. The molecule has 0 fully saturated rings. The van der Waals surface area contributed by atoms with Crippen LogP contribution < -0.4 is 4.72 Å². The van der Waals surface area contributed by atoms with Gasteiger partial charge in [0.05, 0.1) is 12.2 Å². The number of halogens is 6. The van der Waals surface area contributed by atoms with Gasteiger partial charge in [-0.05, 0) is 92.7 Å². The molecule has 0 spiro atoms. The van der Waals surface area contributed by atoms with Crippen LogP contribution in [0.15, 0.2) is 12.1 Å². The summed E-state index contributed by atoms with van der Waals surface area (Å²) >= 11 is 6.35. The van der Waals surface area contributed by atoms with E-state index in [4.69, 9.17) is 4.74 Å². The molecule has 0 aliphatic heterocycles. The quantitative estimate of drug-likeness (QED) is 0.174. The predicted octanol–water partition coefficient (Wildman–Crippen LogP) is 4.66. The first-order chi connectivity index (χ1) is 12.0. The minimum Gasteiger partial charge on any atom is -0.462 e. The molecular formula is C14H15F3I3NO4S. The highest BCUT2D eigenvalue weighted by Crippen LogP contribution is 2.24. The Morgan fingerprint density at radius 2 is 1.69 bits per heavy atom. The molecule has 1 aromatic carbocycles. The molecule has 12 heteroatoms. The lowest BCUT2D eigenvalue weighted by molar-refractivity contribution is -0.0447. The lowest BCUT2D eigenvalue weighted by Crippen LogP contribution is -2.36. The second-order valence-corrected chi connectivity index (χ2v) is 10.4. The summed E-state index contributed by atoms with van der Waals surface area (Å²) in [6.45, 7) is -0.0774. The van der Waals surface area contributed by atoms with Crippen LogP contribution in [0.25, 0.3) is 0 Å². The van der Waals surface area contributed by atoms with Crippen molar-refractivity contribution in [1.82, 2.24) is 4.72 Å². The summed E-state index contributed by atoms with van der Waals surface area (Å²) in [5.41, 5.74) is -4.78. The number of rotatable bonds is 9. The smallest absolute Gasteiger partial charge is 0.462 e. The molecule has 0 saturated carbocycles. The number of alkyl halides is 3. The molecular weight excluding hydrogens is 716 g/mol. The molecule has 0 radical (unpaired) electrons. The van der Waals surface area contributed by atoms with E-state index in [-0.39, 0.29) is 19.6 Å². The normalized spacial score (nSPS) is 12.2. The maximum Gasteiger partial charge on any atom is 0.511 e. The number of carbonyl (C=O) groups is 1. The van der Waals surface area contributed by atoms with Crippen LogP contribution in [-0.4, -0.2) is 33.0 Å². The minimum absolute atomic E-state index is 0.200. The van der Waals surface area contributed by atoms with Crippen molar-refractivity contribution in [2.45, 2.75) is 31.2 Å². The van der Waals surface area contributed by atoms with Crippen molar-refractivity contribution in [3.63, 3.8) is 0 Å². The van der Waals surface area contributed by atoms with Gasteiger partial charge in [-0.25, -0.2) is 17.9 Å². The van der Waals surface area contributed by atoms with E-state index in [1.165, 1.54) is 4.72 Å². The Morgan fingerprint density at radius 1 is 1.08 bits per heavy atom. The number of hydrogen-bond acceptors (Lipinski definition) is 4. The Morgan fingerprint density at radius 3 is 2.31 bits per heavy atom. The van der Waals surface area contributed by atoms with Crippen LogP contribution in [0.3, 0.4) is 0 Å². The summed E-state index contributed by atoms with van der Waals surface area (Å²) in [5, 5.41) is 0. The average molecular weight is 731 g/mol. The van der Waals surface area contributed by atoms with E-state index in [2.05, 4.69) is 67.8 Å². The Hall–Kier alpha value is 0.580. The summed E-state index contributed by atoms with van der Waals surface area (Å²) in [4.78, 5) is 12.1. The van der Waals surface area contributed by atoms with Crippen LogP contribution in [0.5, 0.6) is 0 Å². The van der Waals surface area contributed by atoms with Crippen LogP contribution in [-0.2, 0) is 14.8 Å². The van der Waals surface area contributed by atoms with Crippen molar-refractivity contribution in [2.75, 3.05) is 13.2 Å². The van der Waals surface area contributed by atoms with Gasteiger partial charge in [0.1, 0.15) is 0 Å². The molecule has 1 N–H and O–H groups in total. The van der Waals surface area contributed by atoms with Crippen molar-refractivity contribution in [3.05, 3.63) is 28.4 Å². The van der Waals surface area contributed by atoms with Gasteiger partial charge in [0.2, 0.25) is 0 Å². The number of unbranched alkanes of at least 4 members (excludes halogenated alkanes) is 3. The van der Waals surface area contributed by atoms with Gasteiger partial charge in [0.25, 0.3) is 0 Å². The standard InChI is InChI=1S/C14H15F3I3NO4S/c15-14(16,17)26(23,24)21-5-3-1-2-4-6-25-13(22)10-7-9(18)8-11(19)12(10)20/h7-8,21H,1-6H2. The zero-order valence-corrected chi connectivity index (χ0v) is 20.5. The number of esters is 1. The van der Waals surface area contributed by atoms with Gasteiger partial charge in [-0.15, -0.1) is 0 Å². The van der Waals surface area contributed by atoms with Gasteiger partial charge in [-0.1, -0.05) is 12.8 Å². The molecule has 0 amide bonds. The Balaban J connectivity index is 2.25. The molecule has 0 heterocycles. The Kier molecular flexibility index (Phi) is 10.4. The van der Waals surface area contributed by atoms with Crippen LogP contribution in [0.2, 0.25) is 0 Å². The van der Waals surface area contributed by atoms with Gasteiger partial charge in [0.15, 0.2) is 0 Å². The number of ether oxygens (including phenoxy) is 1. The second-order valence-electron chi connectivity index (χ2n) is 5.14. The molecule has 0 atom stereocenters. The molecule has 0 aliphatic rings. The molecule has 0 unspecified atom stereocenters. The van der Waals surface area contributed by atoms with E-state index in [0.29, 0.717) is 24.8 Å². The predicted molar refractivity (Wildman–Crippen MR) is 116 cm³/mol. The van der Waals surface area contributed by atoms with E-state index >= 15 is 0 Å². The lowest BCUT2D eigenvalue weighted by Gasteiger charge is -2.09. The topological polar surface area (TPSA) is 72.5 Å². The molecule has 0 aliphatic carbocycles. The number of nitrogens with one attached hydrogen (secondary N) is 1. The maximum atomic E-state index is 12.1. The van der Waals surface area contributed by atoms with Crippen LogP contribution in [0, 0.1) is 10.7 Å². The fraction of sp³-hybridized carbons (Fsp3) is 0.500. The number of hydrogen-bond donors (Lipinski definition) is 1. The monoisotopic (exact) mass is 731 g/mol. The van der Waals surface area contributed by atoms with Crippen LogP contribution in [0.1, 0.15) is 36.0 Å². The third-order valence-electron chi connectivity index (χ3n) is 3.11. The van der Waals surface area contributed by atoms with Crippen molar-refractivity contribution in [2.24, 2.45) is 0 Å². The first kappa shape index (κ1) is 24.6. The van der Waals surface area contributed by atoms with Gasteiger partial charge in [0, 0.05) is 17.3 Å². The highest BCUT2D eigenvalue weighted by atomic mass is 127. The minimum atomic E-state index is -5.29. The molecule has 26 heavy (non-hydrogen) atoms. The van der Waals surface area contributed by atoms with Crippen molar-refractivity contribution >= 4 is 83.8 Å². The zero-order chi connectivity index (χ0) is 20.0.